The summed E-state index contributed by atoms with van der Waals surface area (Å²) in [6.45, 7) is 3.26. The van der Waals surface area contributed by atoms with Gasteiger partial charge in [0.1, 0.15) is 11.1 Å². The fourth-order valence-corrected chi connectivity index (χ4v) is 7.66. The fourth-order valence-electron chi connectivity index (χ4n) is 4.68. The van der Waals surface area contributed by atoms with E-state index >= 15 is 0 Å². The third-order valence-corrected chi connectivity index (χ3v) is 9.69. The van der Waals surface area contributed by atoms with E-state index in [0.717, 1.165) is 36.1 Å². The Balaban J connectivity index is 1.51. The molecule has 1 aromatic carbocycles. The second-order valence-corrected chi connectivity index (χ2v) is 11.6. The largest absolute Gasteiger partial charge is 0.453 e. The second-order valence-electron chi connectivity index (χ2n) is 8.61. The van der Waals surface area contributed by atoms with Gasteiger partial charge < -0.3 is 15.0 Å². The van der Waals surface area contributed by atoms with E-state index < -0.39 is 22.0 Å². The molecule has 1 aromatic heterocycles. The van der Waals surface area contributed by atoms with Crippen LogP contribution in [-0.2, 0) is 27.7 Å². The van der Waals surface area contributed by atoms with Crippen molar-refractivity contribution in [3.05, 3.63) is 45.8 Å². The van der Waals surface area contributed by atoms with Gasteiger partial charge in [-0.2, -0.15) is 9.57 Å². The van der Waals surface area contributed by atoms with Crippen molar-refractivity contribution < 1.29 is 22.7 Å². The van der Waals surface area contributed by atoms with Crippen LogP contribution in [0.25, 0.3) is 0 Å². The van der Waals surface area contributed by atoms with E-state index in [4.69, 9.17) is 4.74 Å². The lowest BCUT2D eigenvalue weighted by Crippen LogP contribution is -2.43. The predicted molar refractivity (Wildman–Crippen MR) is 132 cm³/mol. The molecule has 4 rings (SSSR count). The number of hydrogen-bond donors (Lipinski definition) is 1. The third-order valence-electron chi connectivity index (χ3n) is 6.60. The minimum atomic E-state index is -3.63. The number of methoxy groups -OCH3 is 1. The van der Waals surface area contributed by atoms with E-state index in [2.05, 4.69) is 11.4 Å². The van der Waals surface area contributed by atoms with Crippen LogP contribution in [0.1, 0.15) is 59.0 Å². The number of ether oxygens (including phenoxy) is 1. The topological polar surface area (TPSA) is 120 Å². The van der Waals surface area contributed by atoms with Crippen LogP contribution in [-0.4, -0.2) is 55.9 Å². The Hall–Kier alpha value is -2.94. The Labute approximate surface area is 209 Å². The van der Waals surface area contributed by atoms with Gasteiger partial charge in [-0.15, -0.1) is 11.3 Å². The summed E-state index contributed by atoms with van der Waals surface area (Å²) in [7, 11) is -2.31. The molecule has 1 atom stereocenters. The van der Waals surface area contributed by atoms with Crippen molar-refractivity contribution in [1.29, 1.82) is 5.26 Å². The molecule has 3 heterocycles. The molecule has 2 amide bonds. The van der Waals surface area contributed by atoms with Crippen molar-refractivity contribution in [2.75, 3.05) is 25.5 Å². The van der Waals surface area contributed by atoms with E-state index in [1.807, 2.05) is 6.92 Å². The molecule has 0 radical (unpaired) electrons. The number of sulfonamides is 1. The van der Waals surface area contributed by atoms with Gasteiger partial charge in [0.2, 0.25) is 10.0 Å². The maximum Gasteiger partial charge on any atom is 0.409 e. The fraction of sp³-hybridized carbons (Fsp3) is 0.458. The lowest BCUT2D eigenvalue weighted by atomic mass is 10.0. The maximum atomic E-state index is 13.2. The maximum absolute atomic E-state index is 13.2. The molecule has 2 aliphatic rings. The summed E-state index contributed by atoms with van der Waals surface area (Å²) < 4.78 is 32.7. The average molecular weight is 517 g/mol. The molecule has 11 heteroatoms. The first kappa shape index (κ1) is 25.2. The van der Waals surface area contributed by atoms with Crippen molar-refractivity contribution in [3.8, 4) is 6.07 Å². The van der Waals surface area contributed by atoms with Gasteiger partial charge >= 0.3 is 6.09 Å². The van der Waals surface area contributed by atoms with Gasteiger partial charge in [0.25, 0.3) is 5.91 Å². The summed E-state index contributed by atoms with van der Waals surface area (Å²) in [6.07, 6.45) is 3.57. The minimum absolute atomic E-state index is 0.00102. The highest BCUT2D eigenvalue weighted by molar-refractivity contribution is 7.89. The number of carbonyl (C=O) groups is 2. The van der Waals surface area contributed by atoms with Crippen LogP contribution >= 0.6 is 11.3 Å². The zero-order chi connectivity index (χ0) is 25.2. The molecule has 9 nitrogen and oxygen atoms in total. The van der Waals surface area contributed by atoms with Crippen LogP contribution in [0.2, 0.25) is 0 Å². The molecule has 0 bridgehead atoms. The highest BCUT2D eigenvalue weighted by Crippen LogP contribution is 2.37. The molecule has 1 saturated heterocycles. The first-order valence-electron chi connectivity index (χ1n) is 11.6. The lowest BCUT2D eigenvalue weighted by Gasteiger charge is -2.34. The Morgan fingerprint density at radius 2 is 1.97 bits per heavy atom. The van der Waals surface area contributed by atoms with Crippen LogP contribution in [0.5, 0.6) is 0 Å². The van der Waals surface area contributed by atoms with Crippen molar-refractivity contribution >= 4 is 38.4 Å². The lowest BCUT2D eigenvalue weighted by molar-refractivity contribution is 0.102. The average Bonchev–Trinajstić information content (AvgIpc) is 3.24. The molecule has 186 valence electrons. The number of nitrogens with zero attached hydrogens (tertiary/aromatic N) is 3. The summed E-state index contributed by atoms with van der Waals surface area (Å²) in [5.74, 6) is -0.432. The molecule has 1 fully saturated rings. The number of piperidine rings is 1. The SMILES string of the molecule is CCC1CCCCN1S(=O)(=O)c1ccc(C(=O)Nc2sc3c(c2C#N)CCN(C(=O)OC)C3)cc1. The first-order chi connectivity index (χ1) is 16.8. The van der Waals surface area contributed by atoms with Gasteiger partial charge in [0, 0.05) is 29.6 Å². The monoisotopic (exact) mass is 516 g/mol. The summed E-state index contributed by atoms with van der Waals surface area (Å²) in [5, 5.41) is 12.9. The Bertz CT molecular complexity index is 1260. The number of hydrogen-bond acceptors (Lipinski definition) is 7. The summed E-state index contributed by atoms with van der Waals surface area (Å²) in [4.78, 5) is 27.3. The number of nitriles is 1. The number of carbonyl (C=O) groups excluding carboxylic acids is 2. The van der Waals surface area contributed by atoms with Crippen LogP contribution in [0.4, 0.5) is 9.80 Å². The molecule has 2 aromatic rings. The van der Waals surface area contributed by atoms with Crippen LogP contribution in [0, 0.1) is 11.3 Å². The molecule has 2 aliphatic heterocycles. The zero-order valence-corrected chi connectivity index (χ0v) is 21.4. The number of benzene rings is 1. The van der Waals surface area contributed by atoms with Crippen molar-refractivity contribution in [2.45, 2.75) is 56.5 Å². The summed E-state index contributed by atoms with van der Waals surface area (Å²) in [5.41, 5.74) is 1.53. The van der Waals surface area contributed by atoms with E-state index in [0.29, 0.717) is 42.2 Å². The van der Waals surface area contributed by atoms with Gasteiger partial charge in [0.05, 0.1) is 24.1 Å². The number of thiophene rings is 1. The van der Waals surface area contributed by atoms with Crippen LogP contribution in [0.15, 0.2) is 29.2 Å². The predicted octanol–water partition coefficient (Wildman–Crippen LogP) is 3.95. The normalized spacial score (nSPS) is 18.4. The van der Waals surface area contributed by atoms with E-state index in [9.17, 15) is 23.3 Å². The molecule has 0 aliphatic carbocycles. The zero-order valence-electron chi connectivity index (χ0n) is 19.7. The Morgan fingerprint density at radius 3 is 2.63 bits per heavy atom. The minimum Gasteiger partial charge on any atom is -0.453 e. The molecule has 1 unspecified atom stereocenters. The number of anilines is 1. The van der Waals surface area contributed by atoms with Crippen molar-refractivity contribution in [1.82, 2.24) is 9.21 Å². The van der Waals surface area contributed by atoms with Crippen LogP contribution in [0.3, 0.4) is 0 Å². The molecule has 0 saturated carbocycles. The van der Waals surface area contributed by atoms with Crippen molar-refractivity contribution in [3.63, 3.8) is 0 Å². The summed E-state index contributed by atoms with van der Waals surface area (Å²) >= 11 is 1.26. The van der Waals surface area contributed by atoms with Gasteiger partial charge in [-0.1, -0.05) is 13.3 Å². The molecule has 1 N–H and O–H groups in total. The quantitative estimate of drug-likeness (QED) is 0.643. The first-order valence-corrected chi connectivity index (χ1v) is 13.9. The van der Waals surface area contributed by atoms with Gasteiger partial charge in [0.15, 0.2) is 0 Å². The Kier molecular flexibility index (Phi) is 7.44. The standard InChI is InChI=1S/C24H28N4O5S2/c1-3-17-6-4-5-12-28(17)35(31,32)18-9-7-16(8-10-18)22(29)26-23-20(14-25)19-11-13-27(24(30)33-2)15-21(19)34-23/h7-10,17H,3-6,11-13,15H2,1-2H3,(H,26,29). The molecule has 0 spiro atoms. The van der Waals surface area contributed by atoms with E-state index in [1.54, 1.807) is 9.21 Å². The van der Waals surface area contributed by atoms with Crippen LogP contribution < -0.4 is 5.32 Å². The Morgan fingerprint density at radius 1 is 1.23 bits per heavy atom. The summed E-state index contributed by atoms with van der Waals surface area (Å²) in [6, 6.07) is 8.08. The van der Waals surface area contributed by atoms with Gasteiger partial charge in [-0.3, -0.25) is 4.79 Å². The number of fused-ring (bicyclic) bond motifs is 1. The van der Waals surface area contributed by atoms with E-state index in [1.165, 1.54) is 42.7 Å². The molecule has 35 heavy (non-hydrogen) atoms. The van der Waals surface area contributed by atoms with Gasteiger partial charge in [-0.05, 0) is 55.5 Å². The number of nitrogens with one attached hydrogen (secondary N) is 1. The van der Waals surface area contributed by atoms with Crippen molar-refractivity contribution in [2.24, 2.45) is 0 Å². The smallest absolute Gasteiger partial charge is 0.409 e. The highest BCUT2D eigenvalue weighted by atomic mass is 32.2. The van der Waals surface area contributed by atoms with E-state index in [-0.39, 0.29) is 10.9 Å². The molecular weight excluding hydrogens is 488 g/mol. The third kappa shape index (κ3) is 4.91. The number of rotatable bonds is 5. The number of amides is 2. The van der Waals surface area contributed by atoms with Gasteiger partial charge in [-0.25, -0.2) is 13.2 Å². The highest BCUT2D eigenvalue weighted by Gasteiger charge is 2.33. The second kappa shape index (κ2) is 10.4. The molecular formula is C24H28N4O5S2.